The van der Waals surface area contributed by atoms with Gasteiger partial charge in [-0.05, 0) is 75.6 Å². The monoisotopic (exact) mass is 547 g/mol. The van der Waals surface area contributed by atoms with Crippen molar-refractivity contribution >= 4 is 27.5 Å². The summed E-state index contributed by atoms with van der Waals surface area (Å²) in [5, 5.41) is 2.91. The molecule has 2 aromatic carbocycles. The zero-order valence-corrected chi connectivity index (χ0v) is 24.1. The Morgan fingerprint density at radius 1 is 0.974 bits per heavy atom. The highest BCUT2D eigenvalue weighted by Crippen LogP contribution is 2.23. The van der Waals surface area contributed by atoms with Gasteiger partial charge in [-0.25, -0.2) is 8.42 Å². The van der Waals surface area contributed by atoms with E-state index in [1.165, 1.54) is 4.31 Å². The lowest BCUT2D eigenvalue weighted by atomic mass is 10.1. The van der Waals surface area contributed by atoms with Crippen molar-refractivity contribution in [2.75, 3.05) is 30.8 Å². The molecule has 0 fully saturated rings. The molecule has 2 aromatic rings. The van der Waals surface area contributed by atoms with E-state index in [1.807, 2.05) is 52.0 Å². The van der Waals surface area contributed by atoms with Crippen LogP contribution in [0.2, 0.25) is 0 Å². The lowest BCUT2D eigenvalue weighted by molar-refractivity contribution is -0.141. The Bertz CT molecular complexity index is 1130. The molecule has 0 spiro atoms. The predicted molar refractivity (Wildman–Crippen MR) is 150 cm³/mol. The fraction of sp³-hybridized carbons (Fsp3) is 0.500. The summed E-state index contributed by atoms with van der Waals surface area (Å²) in [5.41, 5.74) is 1.36. The van der Waals surface area contributed by atoms with Crippen LogP contribution in [0.15, 0.2) is 48.5 Å². The first-order valence-electron chi connectivity index (χ1n) is 12.9. The second-order valence-corrected chi connectivity index (χ2v) is 11.2. The minimum atomic E-state index is -3.57. The molecule has 0 aliphatic rings. The Balaban J connectivity index is 2.20. The molecule has 0 aliphatic heterocycles. The number of carbonyl (C=O) groups is 2. The number of amides is 2. The normalized spacial score (nSPS) is 12.1. The zero-order valence-electron chi connectivity index (χ0n) is 23.3. The molecule has 0 heterocycles. The molecule has 0 aromatic heterocycles. The minimum absolute atomic E-state index is 0.0630. The van der Waals surface area contributed by atoms with Crippen molar-refractivity contribution in [2.45, 2.75) is 65.6 Å². The lowest BCUT2D eigenvalue weighted by Gasteiger charge is -2.31. The van der Waals surface area contributed by atoms with Gasteiger partial charge in [0.15, 0.2) is 0 Å². The van der Waals surface area contributed by atoms with Crippen LogP contribution in [0.3, 0.4) is 0 Å². The van der Waals surface area contributed by atoms with Crippen LogP contribution < -0.4 is 19.1 Å². The molecule has 0 saturated heterocycles. The first kappa shape index (κ1) is 31.0. The van der Waals surface area contributed by atoms with Gasteiger partial charge in [0.1, 0.15) is 17.5 Å². The Labute approximate surface area is 227 Å². The molecule has 1 N–H and O–H groups in total. The van der Waals surface area contributed by atoms with Crippen LogP contribution in [0.1, 0.15) is 52.5 Å². The fourth-order valence-electron chi connectivity index (χ4n) is 4.11. The number of rotatable bonds is 15. The maximum atomic E-state index is 13.5. The van der Waals surface area contributed by atoms with E-state index >= 15 is 0 Å². The Morgan fingerprint density at radius 3 is 2.08 bits per heavy atom. The highest BCUT2D eigenvalue weighted by atomic mass is 32.2. The van der Waals surface area contributed by atoms with Gasteiger partial charge >= 0.3 is 0 Å². The van der Waals surface area contributed by atoms with Crippen LogP contribution in [0, 0.1) is 0 Å². The van der Waals surface area contributed by atoms with Crippen molar-refractivity contribution in [1.82, 2.24) is 10.2 Å². The standard InChI is InChI=1S/C28H41N3O6S/c1-7-26(28(33)29-21(3)4)30(20-22-11-15-24(36-5)16-12-22)27(32)10-9-19-31(38(6,34)35)23-13-17-25(18-14-23)37-8-2/h11-18,21,26H,7-10,19-20H2,1-6H3,(H,29,33)/t26-/m0/s1. The third-order valence-corrected chi connectivity index (χ3v) is 7.11. The zero-order chi connectivity index (χ0) is 28.3. The number of carbonyl (C=O) groups excluding carboxylic acids is 2. The van der Waals surface area contributed by atoms with Crippen LogP contribution in [0.4, 0.5) is 5.69 Å². The van der Waals surface area contributed by atoms with Gasteiger partial charge in [-0.15, -0.1) is 0 Å². The van der Waals surface area contributed by atoms with E-state index in [2.05, 4.69) is 5.32 Å². The van der Waals surface area contributed by atoms with Crippen molar-refractivity contribution in [1.29, 1.82) is 0 Å². The van der Waals surface area contributed by atoms with Crippen molar-refractivity contribution in [3.8, 4) is 11.5 Å². The number of sulfonamides is 1. The number of anilines is 1. The average Bonchev–Trinajstić information content (AvgIpc) is 2.86. The molecule has 2 amide bonds. The predicted octanol–water partition coefficient (Wildman–Crippen LogP) is 3.97. The van der Waals surface area contributed by atoms with E-state index in [1.54, 1.807) is 36.3 Å². The second-order valence-electron chi connectivity index (χ2n) is 9.32. The highest BCUT2D eigenvalue weighted by Gasteiger charge is 2.29. The van der Waals surface area contributed by atoms with Gasteiger partial charge in [0.2, 0.25) is 21.8 Å². The molecular formula is C28H41N3O6S. The second kappa shape index (κ2) is 14.6. The summed E-state index contributed by atoms with van der Waals surface area (Å²) in [5.74, 6) is 0.925. The summed E-state index contributed by atoms with van der Waals surface area (Å²) >= 11 is 0. The summed E-state index contributed by atoms with van der Waals surface area (Å²) in [7, 11) is -1.99. The quantitative estimate of drug-likeness (QED) is 0.362. The summed E-state index contributed by atoms with van der Waals surface area (Å²) in [6.45, 7) is 8.39. The fourth-order valence-corrected chi connectivity index (χ4v) is 5.07. The van der Waals surface area contributed by atoms with Crippen molar-refractivity contribution < 1.29 is 27.5 Å². The number of methoxy groups -OCH3 is 1. The third kappa shape index (κ3) is 9.24. The number of benzene rings is 2. The van der Waals surface area contributed by atoms with Gasteiger partial charge < -0.3 is 19.7 Å². The van der Waals surface area contributed by atoms with Crippen molar-refractivity contribution in [3.05, 3.63) is 54.1 Å². The molecule has 0 aliphatic carbocycles. The van der Waals surface area contributed by atoms with Crippen LogP contribution in [-0.2, 0) is 26.2 Å². The van der Waals surface area contributed by atoms with Crippen molar-refractivity contribution in [3.63, 3.8) is 0 Å². The molecule has 1 atom stereocenters. The average molecular weight is 548 g/mol. The number of nitrogens with one attached hydrogen (secondary N) is 1. The van der Waals surface area contributed by atoms with E-state index in [0.29, 0.717) is 36.6 Å². The smallest absolute Gasteiger partial charge is 0.243 e. The Hall–Kier alpha value is -3.27. The Morgan fingerprint density at radius 2 is 1.58 bits per heavy atom. The van der Waals surface area contributed by atoms with Gasteiger partial charge in [0.25, 0.3) is 0 Å². The summed E-state index contributed by atoms with van der Waals surface area (Å²) < 4.78 is 37.0. The van der Waals surface area contributed by atoms with Crippen molar-refractivity contribution in [2.24, 2.45) is 0 Å². The number of hydrogen-bond donors (Lipinski definition) is 1. The molecule has 9 nitrogen and oxygen atoms in total. The number of hydrogen-bond acceptors (Lipinski definition) is 6. The molecule has 38 heavy (non-hydrogen) atoms. The molecular weight excluding hydrogens is 506 g/mol. The largest absolute Gasteiger partial charge is 0.497 e. The van der Waals surface area contributed by atoms with E-state index in [9.17, 15) is 18.0 Å². The van der Waals surface area contributed by atoms with Crippen LogP contribution in [0.25, 0.3) is 0 Å². The van der Waals surface area contributed by atoms with Gasteiger partial charge in [-0.1, -0.05) is 19.1 Å². The first-order valence-corrected chi connectivity index (χ1v) is 14.8. The SMILES string of the molecule is CCOc1ccc(N(CCCC(=O)N(Cc2ccc(OC)cc2)[C@@H](CC)C(=O)NC(C)C)S(C)(=O)=O)cc1. The van der Waals surface area contributed by atoms with E-state index in [-0.39, 0.29) is 37.4 Å². The van der Waals surface area contributed by atoms with Crippen LogP contribution in [0.5, 0.6) is 11.5 Å². The maximum Gasteiger partial charge on any atom is 0.243 e. The molecule has 210 valence electrons. The minimum Gasteiger partial charge on any atom is -0.497 e. The topological polar surface area (TPSA) is 105 Å². The van der Waals surface area contributed by atoms with Gasteiger partial charge in [-0.3, -0.25) is 13.9 Å². The van der Waals surface area contributed by atoms with Gasteiger partial charge in [0.05, 0.1) is 25.7 Å². The summed E-state index contributed by atoms with van der Waals surface area (Å²) in [6.07, 6.45) is 1.97. The van der Waals surface area contributed by atoms with Crippen LogP contribution in [-0.4, -0.2) is 63.7 Å². The lowest BCUT2D eigenvalue weighted by Crippen LogP contribution is -2.50. The summed E-state index contributed by atoms with van der Waals surface area (Å²) in [4.78, 5) is 28.0. The van der Waals surface area contributed by atoms with Gasteiger partial charge in [0, 0.05) is 25.6 Å². The number of nitrogens with zero attached hydrogens (tertiary/aromatic N) is 2. The molecule has 0 saturated carbocycles. The van der Waals surface area contributed by atoms with E-state index in [0.717, 1.165) is 11.8 Å². The maximum absolute atomic E-state index is 13.5. The Kier molecular flexibility index (Phi) is 11.9. The summed E-state index contributed by atoms with van der Waals surface area (Å²) in [6, 6.07) is 13.5. The van der Waals surface area contributed by atoms with Crippen LogP contribution >= 0.6 is 0 Å². The highest BCUT2D eigenvalue weighted by molar-refractivity contribution is 7.92. The van der Waals surface area contributed by atoms with Gasteiger partial charge in [-0.2, -0.15) is 0 Å². The molecule has 10 heteroatoms. The molecule has 0 radical (unpaired) electrons. The molecule has 0 unspecified atom stereocenters. The van der Waals surface area contributed by atoms with E-state index in [4.69, 9.17) is 9.47 Å². The molecule has 0 bridgehead atoms. The molecule has 2 rings (SSSR count). The van der Waals surface area contributed by atoms with E-state index < -0.39 is 16.1 Å². The number of ether oxygens (including phenoxy) is 2. The third-order valence-electron chi connectivity index (χ3n) is 5.92. The first-order chi connectivity index (χ1) is 18.0.